The predicted octanol–water partition coefficient (Wildman–Crippen LogP) is 2.28. The van der Waals surface area contributed by atoms with Crippen LogP contribution in [-0.4, -0.2) is 61.4 Å². The lowest BCUT2D eigenvalue weighted by Gasteiger charge is -2.35. The molecule has 1 aliphatic heterocycles. The first-order valence-corrected chi connectivity index (χ1v) is 9.34. The Bertz CT molecular complexity index is 921. The minimum Gasteiger partial charge on any atom is -0.465 e. The summed E-state index contributed by atoms with van der Waals surface area (Å²) in [7, 11) is 0. The summed E-state index contributed by atoms with van der Waals surface area (Å²) in [5.41, 5.74) is 0.538. The van der Waals surface area contributed by atoms with Gasteiger partial charge in [-0.1, -0.05) is 0 Å². The Morgan fingerprint density at radius 2 is 2.19 bits per heavy atom. The summed E-state index contributed by atoms with van der Waals surface area (Å²) in [6, 6.07) is -0.467. The second-order valence-corrected chi connectivity index (χ2v) is 7.61. The van der Waals surface area contributed by atoms with Gasteiger partial charge >= 0.3 is 6.09 Å². The van der Waals surface area contributed by atoms with Gasteiger partial charge in [-0.2, -0.15) is 4.98 Å². The van der Waals surface area contributed by atoms with Crippen molar-refractivity contribution in [3.63, 3.8) is 0 Å². The lowest BCUT2D eigenvalue weighted by Crippen LogP contribution is -2.49. The fourth-order valence-electron chi connectivity index (χ4n) is 3.28. The van der Waals surface area contributed by atoms with Gasteiger partial charge in [-0.25, -0.2) is 14.8 Å². The number of piperidine rings is 1. The monoisotopic (exact) mass is 442 g/mol. The van der Waals surface area contributed by atoms with Crippen LogP contribution in [0.3, 0.4) is 0 Å². The molecule has 1 fully saturated rings. The van der Waals surface area contributed by atoms with Gasteiger partial charge in [-0.3, -0.25) is 13.8 Å². The Morgan fingerprint density at radius 1 is 1.44 bits per heavy atom. The molecule has 11 heteroatoms. The van der Waals surface area contributed by atoms with Crippen LogP contribution in [0.5, 0.6) is 0 Å². The van der Waals surface area contributed by atoms with Gasteiger partial charge in [-0.15, -0.1) is 0 Å². The van der Waals surface area contributed by atoms with Gasteiger partial charge in [-0.05, 0) is 36.2 Å². The molecule has 0 unspecified atom stereocenters. The van der Waals surface area contributed by atoms with E-state index in [0.717, 1.165) is 0 Å². The molecule has 9 nitrogen and oxygen atoms in total. The number of hydrogen-bond donors (Lipinski definition) is 2. The molecule has 1 saturated heterocycles. The molecular weight excluding hydrogens is 423 g/mol. The van der Waals surface area contributed by atoms with Crippen LogP contribution in [0.2, 0.25) is 0 Å². The van der Waals surface area contributed by atoms with Crippen LogP contribution < -0.4 is 10.9 Å². The van der Waals surface area contributed by atoms with E-state index >= 15 is 0 Å². The van der Waals surface area contributed by atoms with E-state index < -0.39 is 12.8 Å². The smallest absolute Gasteiger partial charge is 0.407 e. The first-order chi connectivity index (χ1) is 12.8. The first-order valence-electron chi connectivity index (χ1n) is 8.55. The largest absolute Gasteiger partial charge is 0.465 e. The molecule has 0 aliphatic carbocycles. The minimum atomic E-state index is -1.08. The van der Waals surface area contributed by atoms with Crippen LogP contribution in [0.15, 0.2) is 15.6 Å². The number of carboxylic acid groups (broad SMARTS) is 1. The Kier molecular flexibility index (Phi) is 5.59. The van der Waals surface area contributed by atoms with Gasteiger partial charge in [0.25, 0.3) is 5.56 Å². The van der Waals surface area contributed by atoms with E-state index in [-0.39, 0.29) is 47.2 Å². The third-order valence-corrected chi connectivity index (χ3v) is 4.98. The molecule has 3 heterocycles. The van der Waals surface area contributed by atoms with Crippen molar-refractivity contribution >= 4 is 39.1 Å². The van der Waals surface area contributed by atoms with Crippen molar-refractivity contribution < 1.29 is 14.3 Å². The molecule has 1 aliphatic rings. The first kappa shape index (κ1) is 19.5. The third kappa shape index (κ3) is 4.02. The van der Waals surface area contributed by atoms with Crippen molar-refractivity contribution in [1.29, 1.82) is 0 Å². The number of anilines is 1. The van der Waals surface area contributed by atoms with Gasteiger partial charge in [0.05, 0.1) is 12.9 Å². The number of carbonyl (C=O) groups is 1. The Balaban J connectivity index is 1.93. The number of amides is 1. The lowest BCUT2D eigenvalue weighted by atomic mass is 9.95. The summed E-state index contributed by atoms with van der Waals surface area (Å²) < 4.78 is 14.8. The molecular formula is C16H20BrFN6O3. The molecule has 0 aromatic carbocycles. The highest BCUT2D eigenvalue weighted by Gasteiger charge is 2.30. The maximum Gasteiger partial charge on any atom is 0.407 e. The number of likely N-dealkylation sites (tertiary alicyclic amines) is 1. The Morgan fingerprint density at radius 3 is 2.81 bits per heavy atom. The molecule has 146 valence electrons. The van der Waals surface area contributed by atoms with Crippen molar-refractivity contribution in [3.05, 3.63) is 21.2 Å². The van der Waals surface area contributed by atoms with Crippen molar-refractivity contribution in [3.8, 4) is 0 Å². The average molecular weight is 443 g/mol. The number of hydrogen-bond acceptors (Lipinski definition) is 6. The summed E-state index contributed by atoms with van der Waals surface area (Å²) in [5, 5.41) is 12.3. The van der Waals surface area contributed by atoms with E-state index in [1.54, 1.807) is 0 Å². The van der Waals surface area contributed by atoms with Crippen LogP contribution in [0.1, 0.15) is 26.3 Å². The standard InChI is InChI=1S/C16H20BrFN6O3/c1-8(2)24-13-11(21-12(17)14(24)25)5-19-15(22-13)20-10-3-9(4-18)6-23(7-10)16(26)27/h5,8-10H,3-4,6-7H2,1-2H3,(H,26,27)(H,19,20,22)/t9-,10-/m0/s1. The number of aromatic nitrogens is 4. The van der Waals surface area contributed by atoms with Crippen molar-refractivity contribution in [2.45, 2.75) is 32.4 Å². The predicted molar refractivity (Wildman–Crippen MR) is 101 cm³/mol. The molecule has 0 saturated carbocycles. The van der Waals surface area contributed by atoms with E-state index in [9.17, 15) is 19.1 Å². The molecule has 27 heavy (non-hydrogen) atoms. The van der Waals surface area contributed by atoms with Crippen LogP contribution in [-0.2, 0) is 0 Å². The second-order valence-electron chi connectivity index (χ2n) is 6.86. The fourth-order valence-corrected chi connectivity index (χ4v) is 3.66. The number of halogens is 2. The van der Waals surface area contributed by atoms with Gasteiger partial charge in [0.15, 0.2) is 10.3 Å². The van der Waals surface area contributed by atoms with E-state index in [2.05, 4.69) is 36.2 Å². The molecule has 0 radical (unpaired) electrons. The zero-order valence-electron chi connectivity index (χ0n) is 14.9. The maximum atomic E-state index is 13.1. The summed E-state index contributed by atoms with van der Waals surface area (Å²) in [5.74, 6) is -0.130. The third-order valence-electron chi connectivity index (χ3n) is 4.47. The van der Waals surface area contributed by atoms with Crippen molar-refractivity contribution in [1.82, 2.24) is 24.4 Å². The number of rotatable bonds is 4. The highest BCUT2D eigenvalue weighted by atomic mass is 79.9. The van der Waals surface area contributed by atoms with Gasteiger partial charge in [0.1, 0.15) is 5.52 Å². The average Bonchev–Trinajstić information content (AvgIpc) is 2.62. The fraction of sp³-hybridized carbons (Fsp3) is 0.562. The number of nitrogens with one attached hydrogen (secondary N) is 1. The summed E-state index contributed by atoms with van der Waals surface area (Å²) >= 11 is 3.16. The van der Waals surface area contributed by atoms with Crippen LogP contribution in [0.25, 0.3) is 11.2 Å². The highest BCUT2D eigenvalue weighted by Crippen LogP contribution is 2.21. The summed E-state index contributed by atoms with van der Waals surface area (Å²) in [6.07, 6.45) is 0.886. The number of nitrogens with zero attached hydrogens (tertiary/aromatic N) is 5. The highest BCUT2D eigenvalue weighted by molar-refractivity contribution is 9.10. The van der Waals surface area contributed by atoms with Gasteiger partial charge in [0, 0.05) is 31.1 Å². The number of alkyl halides is 1. The molecule has 2 aromatic rings. The molecule has 2 atom stereocenters. The minimum absolute atomic E-state index is 0.143. The molecule has 3 rings (SSSR count). The second kappa shape index (κ2) is 7.75. The molecule has 1 amide bonds. The van der Waals surface area contributed by atoms with Crippen molar-refractivity contribution in [2.75, 3.05) is 25.1 Å². The van der Waals surface area contributed by atoms with Gasteiger partial charge in [0.2, 0.25) is 5.95 Å². The Hall–Kier alpha value is -2.30. The normalized spacial score (nSPS) is 20.3. The van der Waals surface area contributed by atoms with E-state index in [1.807, 2.05) is 13.8 Å². The summed E-state index contributed by atoms with van der Waals surface area (Å²) in [4.78, 5) is 37.6. The van der Waals surface area contributed by atoms with E-state index in [1.165, 1.54) is 15.7 Å². The van der Waals surface area contributed by atoms with Gasteiger partial charge < -0.3 is 15.3 Å². The molecule has 2 N–H and O–H groups in total. The topological polar surface area (TPSA) is 113 Å². The Labute approximate surface area is 162 Å². The zero-order valence-corrected chi connectivity index (χ0v) is 16.5. The molecule has 0 bridgehead atoms. The van der Waals surface area contributed by atoms with Crippen LogP contribution >= 0.6 is 15.9 Å². The quantitative estimate of drug-likeness (QED) is 0.746. The van der Waals surface area contributed by atoms with Crippen LogP contribution in [0, 0.1) is 5.92 Å². The van der Waals surface area contributed by atoms with E-state index in [4.69, 9.17) is 0 Å². The lowest BCUT2D eigenvalue weighted by molar-refractivity contribution is 0.109. The maximum absolute atomic E-state index is 13.1. The summed E-state index contributed by atoms with van der Waals surface area (Å²) in [6.45, 7) is 3.52. The zero-order chi connectivity index (χ0) is 19.7. The van der Waals surface area contributed by atoms with Crippen LogP contribution in [0.4, 0.5) is 15.1 Å². The number of fused-ring (bicyclic) bond motifs is 1. The SMILES string of the molecule is CC(C)n1c(=O)c(Br)nc2cnc(N[C@H]3C[C@@H](CF)CN(C(=O)O)C3)nc21. The van der Waals surface area contributed by atoms with E-state index in [0.29, 0.717) is 17.6 Å². The van der Waals surface area contributed by atoms with Crippen molar-refractivity contribution in [2.24, 2.45) is 5.92 Å². The molecule has 2 aromatic heterocycles. The molecule has 0 spiro atoms.